The number of carbonyl (C=O) groups is 2. The summed E-state index contributed by atoms with van der Waals surface area (Å²) < 4.78 is 39.9. The summed E-state index contributed by atoms with van der Waals surface area (Å²) in [5.41, 5.74) is 5.74. The summed E-state index contributed by atoms with van der Waals surface area (Å²) in [7, 11) is 1.59. The summed E-state index contributed by atoms with van der Waals surface area (Å²) >= 11 is 0. The molecule has 1 unspecified atom stereocenters. The average Bonchev–Trinajstić information content (AvgIpc) is 2.71. The molecule has 1 fully saturated rings. The number of carbonyl (C=O) groups excluding carboxylic acids is 2. The molecule has 1 heterocycles. The highest BCUT2D eigenvalue weighted by Gasteiger charge is 2.34. The Morgan fingerprint density at radius 1 is 1.27 bits per heavy atom. The number of halogens is 3. The predicted molar refractivity (Wildman–Crippen MR) is 87.5 cm³/mol. The van der Waals surface area contributed by atoms with Crippen molar-refractivity contribution in [3.63, 3.8) is 0 Å². The summed E-state index contributed by atoms with van der Waals surface area (Å²) in [5, 5.41) is 9.49. The minimum Gasteiger partial charge on any atom is -0.394 e. The van der Waals surface area contributed by atoms with Gasteiger partial charge in [-0.1, -0.05) is 0 Å². The first kappa shape index (κ1) is 20.2. The first-order chi connectivity index (χ1) is 12.2. The second-order valence-corrected chi connectivity index (χ2v) is 6.42. The van der Waals surface area contributed by atoms with Crippen molar-refractivity contribution in [2.45, 2.75) is 31.3 Å². The summed E-state index contributed by atoms with van der Waals surface area (Å²) in [5.74, 6) is -4.25. The monoisotopic (exact) mass is 373 g/mol. The molecular formula is C17H22F3N3O3. The minimum atomic E-state index is -1.30. The molecule has 0 radical (unpaired) electrons. The maximum Gasteiger partial charge on any atom is 0.247 e. The fourth-order valence-electron chi connectivity index (χ4n) is 3.02. The van der Waals surface area contributed by atoms with Gasteiger partial charge in [-0.15, -0.1) is 0 Å². The van der Waals surface area contributed by atoms with Crippen LogP contribution in [0.3, 0.4) is 0 Å². The van der Waals surface area contributed by atoms with Gasteiger partial charge >= 0.3 is 0 Å². The van der Waals surface area contributed by atoms with E-state index in [1.165, 1.54) is 9.80 Å². The van der Waals surface area contributed by atoms with Gasteiger partial charge in [0.05, 0.1) is 6.61 Å². The van der Waals surface area contributed by atoms with Gasteiger partial charge in [-0.05, 0) is 24.5 Å². The van der Waals surface area contributed by atoms with Gasteiger partial charge in [0, 0.05) is 38.7 Å². The van der Waals surface area contributed by atoms with Gasteiger partial charge in [-0.3, -0.25) is 9.59 Å². The van der Waals surface area contributed by atoms with Crippen LogP contribution in [0.5, 0.6) is 0 Å². The van der Waals surface area contributed by atoms with E-state index >= 15 is 0 Å². The largest absolute Gasteiger partial charge is 0.394 e. The quantitative estimate of drug-likeness (QED) is 0.733. The summed E-state index contributed by atoms with van der Waals surface area (Å²) in [6.45, 7) is 0.236. The summed E-state index contributed by atoms with van der Waals surface area (Å²) in [6, 6.07) is -0.681. The van der Waals surface area contributed by atoms with Crippen molar-refractivity contribution in [2.24, 2.45) is 5.73 Å². The first-order valence-electron chi connectivity index (χ1n) is 8.29. The lowest BCUT2D eigenvalue weighted by atomic mass is 10.0. The molecule has 26 heavy (non-hydrogen) atoms. The van der Waals surface area contributed by atoms with Crippen LogP contribution in [0.1, 0.15) is 18.4 Å². The normalized spacial score (nSPS) is 19.5. The van der Waals surface area contributed by atoms with E-state index < -0.39 is 42.0 Å². The SMILES string of the molecule is CN1CCCN(C(=O)C[C@H](N)Cc2cc(F)c(F)cc2F)C(CO)C1=O. The third kappa shape index (κ3) is 4.53. The number of hydrogen-bond donors (Lipinski definition) is 2. The van der Waals surface area contributed by atoms with Crippen molar-refractivity contribution >= 4 is 11.8 Å². The van der Waals surface area contributed by atoms with Gasteiger partial charge in [-0.2, -0.15) is 0 Å². The fourth-order valence-corrected chi connectivity index (χ4v) is 3.02. The van der Waals surface area contributed by atoms with E-state index in [4.69, 9.17) is 5.73 Å². The Balaban J connectivity index is 2.06. The Morgan fingerprint density at radius 3 is 2.58 bits per heavy atom. The number of amides is 2. The molecule has 0 bridgehead atoms. The molecule has 2 rings (SSSR count). The zero-order chi connectivity index (χ0) is 19.4. The number of aliphatic hydroxyl groups is 1. The highest BCUT2D eigenvalue weighted by Crippen LogP contribution is 2.17. The predicted octanol–water partition coefficient (Wildman–Crippen LogP) is 0.415. The Morgan fingerprint density at radius 2 is 1.92 bits per heavy atom. The molecule has 2 amide bonds. The maximum absolute atomic E-state index is 13.7. The molecule has 0 saturated carbocycles. The lowest BCUT2D eigenvalue weighted by Crippen LogP contribution is -2.50. The number of aliphatic hydroxyl groups excluding tert-OH is 1. The molecule has 3 N–H and O–H groups in total. The van der Waals surface area contributed by atoms with E-state index in [-0.39, 0.29) is 30.9 Å². The van der Waals surface area contributed by atoms with Crippen molar-refractivity contribution < 1.29 is 27.9 Å². The molecule has 9 heteroatoms. The third-order valence-electron chi connectivity index (χ3n) is 4.43. The zero-order valence-corrected chi connectivity index (χ0v) is 14.4. The van der Waals surface area contributed by atoms with Crippen molar-refractivity contribution in [2.75, 3.05) is 26.7 Å². The zero-order valence-electron chi connectivity index (χ0n) is 14.4. The van der Waals surface area contributed by atoms with Crippen LogP contribution in [0.15, 0.2) is 12.1 Å². The number of rotatable bonds is 5. The Labute approximate surface area is 149 Å². The number of benzene rings is 1. The molecule has 1 saturated heterocycles. The number of hydrogen-bond acceptors (Lipinski definition) is 4. The molecular weight excluding hydrogens is 351 g/mol. The Bertz CT molecular complexity index is 687. The second kappa shape index (κ2) is 8.50. The molecule has 0 aromatic heterocycles. The number of nitrogens with two attached hydrogens (primary N) is 1. The van der Waals surface area contributed by atoms with Gasteiger partial charge in [-0.25, -0.2) is 13.2 Å². The van der Waals surface area contributed by atoms with Crippen LogP contribution in [-0.2, 0) is 16.0 Å². The standard InChI is InChI=1S/C17H22F3N3O3/c1-22-3-2-4-23(15(9-24)17(22)26)16(25)7-11(21)5-10-6-13(19)14(20)8-12(10)18/h6,8,11,15,24H,2-5,7,9,21H2,1H3/t11-,15?/m1/s1. The third-order valence-corrected chi connectivity index (χ3v) is 4.43. The van der Waals surface area contributed by atoms with Gasteiger partial charge in [0.2, 0.25) is 11.8 Å². The van der Waals surface area contributed by atoms with E-state index in [2.05, 4.69) is 0 Å². The number of nitrogens with zero attached hydrogens (tertiary/aromatic N) is 2. The lowest BCUT2D eigenvalue weighted by Gasteiger charge is -2.29. The van der Waals surface area contributed by atoms with E-state index in [0.717, 1.165) is 6.07 Å². The van der Waals surface area contributed by atoms with Crippen LogP contribution in [0, 0.1) is 17.5 Å². The molecule has 1 aromatic rings. The maximum atomic E-state index is 13.7. The van der Waals surface area contributed by atoms with Crippen LogP contribution in [0.25, 0.3) is 0 Å². The topological polar surface area (TPSA) is 86.9 Å². The first-order valence-corrected chi connectivity index (χ1v) is 8.29. The number of likely N-dealkylation sites (N-methyl/N-ethyl adjacent to an activating group) is 1. The van der Waals surface area contributed by atoms with Gasteiger partial charge in [0.15, 0.2) is 11.6 Å². The highest BCUT2D eigenvalue weighted by atomic mass is 19.2. The van der Waals surface area contributed by atoms with Crippen LogP contribution in [0.4, 0.5) is 13.2 Å². The Hall–Kier alpha value is -2.13. The van der Waals surface area contributed by atoms with Crippen LogP contribution < -0.4 is 5.73 Å². The highest BCUT2D eigenvalue weighted by molar-refractivity contribution is 5.88. The smallest absolute Gasteiger partial charge is 0.247 e. The molecule has 1 aliphatic heterocycles. The molecule has 144 valence electrons. The van der Waals surface area contributed by atoms with Crippen LogP contribution >= 0.6 is 0 Å². The van der Waals surface area contributed by atoms with Gasteiger partial charge in [0.1, 0.15) is 11.9 Å². The molecule has 6 nitrogen and oxygen atoms in total. The minimum absolute atomic E-state index is 0.130. The lowest BCUT2D eigenvalue weighted by molar-refractivity contribution is -0.144. The van der Waals surface area contributed by atoms with Crippen LogP contribution in [-0.4, -0.2) is 65.5 Å². The van der Waals surface area contributed by atoms with Crippen molar-refractivity contribution in [3.8, 4) is 0 Å². The van der Waals surface area contributed by atoms with Crippen molar-refractivity contribution in [1.82, 2.24) is 9.80 Å². The average molecular weight is 373 g/mol. The van der Waals surface area contributed by atoms with E-state index in [1.54, 1.807) is 7.05 Å². The van der Waals surface area contributed by atoms with Crippen molar-refractivity contribution in [1.29, 1.82) is 0 Å². The molecule has 2 atom stereocenters. The van der Waals surface area contributed by atoms with Crippen LogP contribution in [0.2, 0.25) is 0 Å². The van der Waals surface area contributed by atoms with E-state index in [9.17, 15) is 27.9 Å². The van der Waals surface area contributed by atoms with Gasteiger partial charge < -0.3 is 20.6 Å². The summed E-state index contributed by atoms with van der Waals surface area (Å²) in [6.07, 6.45) is 0.170. The van der Waals surface area contributed by atoms with Crippen molar-refractivity contribution in [3.05, 3.63) is 35.1 Å². The fraction of sp³-hybridized carbons (Fsp3) is 0.529. The molecule has 1 aromatic carbocycles. The molecule has 0 spiro atoms. The van der Waals surface area contributed by atoms with E-state index in [0.29, 0.717) is 19.0 Å². The summed E-state index contributed by atoms with van der Waals surface area (Å²) in [4.78, 5) is 27.4. The van der Waals surface area contributed by atoms with Gasteiger partial charge in [0.25, 0.3) is 0 Å². The second-order valence-electron chi connectivity index (χ2n) is 6.42. The molecule has 1 aliphatic rings. The molecule has 0 aliphatic carbocycles. The Kier molecular flexibility index (Phi) is 6.60. The van der Waals surface area contributed by atoms with E-state index in [1.807, 2.05) is 0 Å².